The van der Waals surface area contributed by atoms with Gasteiger partial charge in [0, 0.05) is 11.1 Å². The molecule has 5 rings (SSSR count). The topological polar surface area (TPSA) is 42.4 Å². The summed E-state index contributed by atoms with van der Waals surface area (Å²) in [5.41, 5.74) is 3.61. The van der Waals surface area contributed by atoms with Crippen LogP contribution in [0.15, 0.2) is 48.5 Å². The van der Waals surface area contributed by atoms with Gasteiger partial charge in [0.25, 0.3) is 0 Å². The molecule has 3 aromatic rings. The van der Waals surface area contributed by atoms with E-state index in [4.69, 9.17) is 9.72 Å². The lowest BCUT2D eigenvalue weighted by atomic mass is 9.66. The van der Waals surface area contributed by atoms with Gasteiger partial charge in [-0.05, 0) is 43.5 Å². The third-order valence-corrected chi connectivity index (χ3v) is 7.59. The highest BCUT2D eigenvalue weighted by atomic mass is 32.1. The van der Waals surface area contributed by atoms with Gasteiger partial charge < -0.3 is 9.64 Å². The Morgan fingerprint density at radius 1 is 1.14 bits per heavy atom. The fourth-order valence-corrected chi connectivity index (χ4v) is 6.38. The predicted molar refractivity (Wildman–Crippen MR) is 118 cm³/mol. The standard InChI is InChI=1S/C24H26N2O2S/c1-2-28-22(27)16-21-24(14-8-3-9-15-24)17-10-4-6-12-19(17)26(21)23-25-18-11-5-7-13-20(18)29-23/h4-7,10-13,21H,2-3,8-9,14-16H2,1H3. The van der Waals surface area contributed by atoms with Crippen LogP contribution in [0, 0.1) is 0 Å². The molecule has 29 heavy (non-hydrogen) atoms. The van der Waals surface area contributed by atoms with Gasteiger partial charge in [-0.1, -0.05) is 60.9 Å². The van der Waals surface area contributed by atoms with Crippen molar-refractivity contribution in [1.82, 2.24) is 4.98 Å². The number of anilines is 2. The summed E-state index contributed by atoms with van der Waals surface area (Å²) in [5, 5.41) is 0.982. The van der Waals surface area contributed by atoms with Gasteiger partial charge in [0.1, 0.15) is 0 Å². The summed E-state index contributed by atoms with van der Waals surface area (Å²) in [7, 11) is 0. The Morgan fingerprint density at radius 2 is 1.90 bits per heavy atom. The Morgan fingerprint density at radius 3 is 2.69 bits per heavy atom. The van der Waals surface area contributed by atoms with Crippen LogP contribution < -0.4 is 4.90 Å². The van der Waals surface area contributed by atoms with E-state index in [2.05, 4.69) is 47.4 Å². The molecule has 1 saturated carbocycles. The SMILES string of the molecule is CCOC(=O)CC1N(c2nc3ccccc3s2)c2ccccc2C12CCCCC2. The number of ether oxygens (including phenoxy) is 1. The van der Waals surface area contributed by atoms with Crippen molar-refractivity contribution in [2.75, 3.05) is 11.5 Å². The van der Waals surface area contributed by atoms with E-state index in [1.165, 1.54) is 35.2 Å². The zero-order valence-corrected chi connectivity index (χ0v) is 17.6. The number of fused-ring (bicyclic) bond motifs is 3. The van der Waals surface area contributed by atoms with E-state index in [0.29, 0.717) is 13.0 Å². The Kier molecular flexibility index (Phi) is 4.78. The molecule has 1 aliphatic carbocycles. The van der Waals surface area contributed by atoms with Gasteiger partial charge in [-0.2, -0.15) is 0 Å². The molecule has 0 bridgehead atoms. The van der Waals surface area contributed by atoms with Gasteiger partial charge >= 0.3 is 5.97 Å². The summed E-state index contributed by atoms with van der Waals surface area (Å²) in [5.74, 6) is -0.110. The number of esters is 1. The van der Waals surface area contributed by atoms with Crippen LogP contribution in [0.4, 0.5) is 10.8 Å². The Hall–Kier alpha value is -2.40. The predicted octanol–water partition coefficient (Wildman–Crippen LogP) is 5.97. The van der Waals surface area contributed by atoms with Gasteiger partial charge in [0.05, 0.1) is 29.3 Å². The molecule has 0 radical (unpaired) electrons. The third kappa shape index (κ3) is 3.03. The fraction of sp³-hybridized carbons (Fsp3) is 0.417. The molecule has 1 aromatic heterocycles. The minimum Gasteiger partial charge on any atom is -0.466 e. The number of carbonyl (C=O) groups is 1. The number of benzene rings is 2. The summed E-state index contributed by atoms with van der Waals surface area (Å²) < 4.78 is 6.58. The third-order valence-electron chi connectivity index (χ3n) is 6.55. The minimum absolute atomic E-state index is 0.000536. The van der Waals surface area contributed by atoms with E-state index in [0.717, 1.165) is 23.5 Å². The lowest BCUT2D eigenvalue weighted by molar-refractivity contribution is -0.143. The molecule has 1 unspecified atom stereocenters. The highest BCUT2D eigenvalue weighted by Gasteiger charge is 2.52. The van der Waals surface area contributed by atoms with Gasteiger partial charge in [-0.15, -0.1) is 0 Å². The highest BCUT2D eigenvalue weighted by Crippen LogP contribution is 2.56. The number of hydrogen-bond donors (Lipinski definition) is 0. The van der Waals surface area contributed by atoms with Crippen LogP contribution in [0.5, 0.6) is 0 Å². The molecule has 150 valence electrons. The zero-order chi connectivity index (χ0) is 19.8. The van der Waals surface area contributed by atoms with Crippen molar-refractivity contribution < 1.29 is 9.53 Å². The monoisotopic (exact) mass is 406 g/mol. The molecule has 2 aromatic carbocycles. The maximum Gasteiger partial charge on any atom is 0.307 e. The largest absolute Gasteiger partial charge is 0.466 e. The number of aromatic nitrogens is 1. The average Bonchev–Trinajstić information content (AvgIpc) is 3.27. The second kappa shape index (κ2) is 7.45. The molecular weight excluding hydrogens is 380 g/mol. The van der Waals surface area contributed by atoms with Crippen molar-refractivity contribution in [3.8, 4) is 0 Å². The van der Waals surface area contributed by atoms with Crippen molar-refractivity contribution in [1.29, 1.82) is 0 Å². The van der Waals surface area contributed by atoms with E-state index >= 15 is 0 Å². The molecule has 1 fully saturated rings. The number of hydrogen-bond acceptors (Lipinski definition) is 5. The maximum absolute atomic E-state index is 12.7. The van der Waals surface area contributed by atoms with Crippen LogP contribution in [-0.2, 0) is 14.9 Å². The second-order valence-corrected chi connectivity index (χ2v) is 9.10. The van der Waals surface area contributed by atoms with Crippen molar-refractivity contribution in [3.63, 3.8) is 0 Å². The number of rotatable bonds is 4. The lowest BCUT2D eigenvalue weighted by Crippen LogP contribution is -2.45. The van der Waals surface area contributed by atoms with Crippen LogP contribution >= 0.6 is 11.3 Å². The number of nitrogens with zero attached hydrogens (tertiary/aromatic N) is 2. The number of carbonyl (C=O) groups excluding carboxylic acids is 1. The van der Waals surface area contributed by atoms with E-state index in [-0.39, 0.29) is 17.4 Å². The molecule has 0 saturated heterocycles. The Balaban J connectivity index is 1.66. The van der Waals surface area contributed by atoms with Crippen LogP contribution in [0.2, 0.25) is 0 Å². The summed E-state index contributed by atoms with van der Waals surface area (Å²) in [6.45, 7) is 2.30. The molecule has 0 N–H and O–H groups in total. The quantitative estimate of drug-likeness (QED) is 0.501. The molecule has 1 aliphatic heterocycles. The van der Waals surface area contributed by atoms with Gasteiger partial charge in [-0.3, -0.25) is 4.79 Å². The molecule has 2 aliphatic rings. The normalized spacial score (nSPS) is 20.2. The van der Waals surface area contributed by atoms with Crippen molar-refractivity contribution >= 4 is 38.3 Å². The van der Waals surface area contributed by atoms with Crippen LogP contribution in [0.25, 0.3) is 10.2 Å². The summed E-state index contributed by atoms with van der Waals surface area (Å²) in [6, 6.07) is 17.0. The minimum atomic E-state index is -0.110. The van der Waals surface area contributed by atoms with Crippen LogP contribution in [-0.4, -0.2) is 23.6 Å². The van der Waals surface area contributed by atoms with E-state index in [1.807, 2.05) is 13.0 Å². The molecule has 4 nitrogen and oxygen atoms in total. The van der Waals surface area contributed by atoms with Crippen LogP contribution in [0.1, 0.15) is 51.0 Å². The average molecular weight is 407 g/mol. The van der Waals surface area contributed by atoms with E-state index in [1.54, 1.807) is 11.3 Å². The van der Waals surface area contributed by atoms with E-state index in [9.17, 15) is 4.79 Å². The van der Waals surface area contributed by atoms with Gasteiger partial charge in [0.15, 0.2) is 5.13 Å². The second-order valence-electron chi connectivity index (χ2n) is 8.09. The first-order valence-electron chi connectivity index (χ1n) is 10.6. The first-order chi connectivity index (χ1) is 14.2. The Labute approximate surface area is 175 Å². The highest BCUT2D eigenvalue weighted by molar-refractivity contribution is 7.22. The molecule has 2 heterocycles. The zero-order valence-electron chi connectivity index (χ0n) is 16.8. The molecule has 1 atom stereocenters. The summed E-state index contributed by atoms with van der Waals surface area (Å²) >= 11 is 1.71. The molecule has 1 spiro atoms. The molecular formula is C24H26N2O2S. The Bertz CT molecular complexity index is 1010. The summed E-state index contributed by atoms with van der Waals surface area (Å²) in [6.07, 6.45) is 6.34. The van der Waals surface area contributed by atoms with Crippen LogP contribution in [0.3, 0.4) is 0 Å². The van der Waals surface area contributed by atoms with Crippen molar-refractivity contribution in [2.24, 2.45) is 0 Å². The summed E-state index contributed by atoms with van der Waals surface area (Å²) in [4.78, 5) is 20.0. The number of para-hydroxylation sites is 2. The van der Waals surface area contributed by atoms with Crippen molar-refractivity contribution in [2.45, 2.75) is 56.9 Å². The first kappa shape index (κ1) is 18.6. The molecule has 5 heteroatoms. The smallest absolute Gasteiger partial charge is 0.307 e. The number of thiazole rings is 1. The van der Waals surface area contributed by atoms with Gasteiger partial charge in [-0.25, -0.2) is 4.98 Å². The van der Waals surface area contributed by atoms with Gasteiger partial charge in [0.2, 0.25) is 0 Å². The first-order valence-corrected chi connectivity index (χ1v) is 11.4. The van der Waals surface area contributed by atoms with E-state index < -0.39 is 0 Å². The fourth-order valence-electron chi connectivity index (χ4n) is 5.35. The maximum atomic E-state index is 12.7. The lowest BCUT2D eigenvalue weighted by Gasteiger charge is -2.41. The van der Waals surface area contributed by atoms with Crippen molar-refractivity contribution in [3.05, 3.63) is 54.1 Å². The molecule has 0 amide bonds.